The van der Waals surface area contributed by atoms with E-state index in [1.807, 2.05) is 24.4 Å². The van der Waals surface area contributed by atoms with Gasteiger partial charge < -0.3 is 5.73 Å². The van der Waals surface area contributed by atoms with E-state index in [9.17, 15) is 0 Å². The van der Waals surface area contributed by atoms with Crippen molar-refractivity contribution in [1.82, 2.24) is 4.98 Å². The van der Waals surface area contributed by atoms with Gasteiger partial charge in [-0.05, 0) is 36.1 Å². The van der Waals surface area contributed by atoms with Gasteiger partial charge in [0.15, 0.2) is 0 Å². The second kappa shape index (κ2) is 5.66. The highest BCUT2D eigenvalue weighted by Crippen LogP contribution is 2.29. The van der Waals surface area contributed by atoms with Crippen molar-refractivity contribution in [3.05, 3.63) is 78.0 Å². The molecule has 2 heteroatoms. The summed E-state index contributed by atoms with van der Waals surface area (Å²) in [5, 5.41) is 1.19. The van der Waals surface area contributed by atoms with Crippen molar-refractivity contribution in [2.45, 2.75) is 25.3 Å². The highest BCUT2D eigenvalue weighted by atomic mass is 14.7. The van der Waals surface area contributed by atoms with Gasteiger partial charge in [-0.1, -0.05) is 55.5 Å². The molecule has 106 valence electrons. The van der Waals surface area contributed by atoms with E-state index in [1.54, 1.807) is 0 Å². The highest BCUT2D eigenvalue weighted by molar-refractivity contribution is 5.82. The Morgan fingerprint density at radius 2 is 1.67 bits per heavy atom. The third-order valence-corrected chi connectivity index (χ3v) is 4.22. The molecular weight excluding hydrogens is 256 g/mol. The molecule has 0 spiro atoms. The predicted octanol–water partition coefficient (Wildman–Crippen LogP) is 4.04. The third kappa shape index (κ3) is 2.67. The van der Waals surface area contributed by atoms with E-state index in [2.05, 4.69) is 54.4 Å². The van der Waals surface area contributed by atoms with Crippen molar-refractivity contribution >= 4 is 10.9 Å². The van der Waals surface area contributed by atoms with Gasteiger partial charge in [-0.2, -0.15) is 0 Å². The van der Waals surface area contributed by atoms with Crippen LogP contribution in [0.15, 0.2) is 66.9 Å². The minimum atomic E-state index is -0.342. The molecule has 3 rings (SSSR count). The summed E-state index contributed by atoms with van der Waals surface area (Å²) < 4.78 is 0. The van der Waals surface area contributed by atoms with Crippen LogP contribution in [0.1, 0.15) is 24.5 Å². The minimum Gasteiger partial charge on any atom is -0.321 e. The molecule has 0 saturated carbocycles. The molecule has 0 bridgehead atoms. The Balaban J connectivity index is 2.04. The quantitative estimate of drug-likeness (QED) is 0.781. The van der Waals surface area contributed by atoms with Crippen LogP contribution in [-0.4, -0.2) is 4.98 Å². The van der Waals surface area contributed by atoms with Crippen LogP contribution in [-0.2, 0) is 12.0 Å². The Hall–Kier alpha value is -2.19. The standard InChI is InChI=1S/C19H20N2/c1-2-19(20,16-8-4-3-5-9-16)14-15-12-13-21-18-11-7-6-10-17(15)18/h3-13H,2,14,20H2,1H3. The van der Waals surface area contributed by atoms with Gasteiger partial charge in [0, 0.05) is 17.1 Å². The molecule has 0 aliphatic heterocycles. The fraction of sp³-hybridized carbons (Fsp3) is 0.211. The van der Waals surface area contributed by atoms with E-state index in [1.165, 1.54) is 16.5 Å². The van der Waals surface area contributed by atoms with Crippen molar-refractivity contribution in [2.24, 2.45) is 5.73 Å². The first-order chi connectivity index (χ1) is 10.2. The van der Waals surface area contributed by atoms with Gasteiger partial charge in [-0.25, -0.2) is 0 Å². The fourth-order valence-electron chi connectivity index (χ4n) is 2.85. The van der Waals surface area contributed by atoms with E-state index >= 15 is 0 Å². The molecule has 1 aromatic heterocycles. The van der Waals surface area contributed by atoms with Crippen molar-refractivity contribution in [3.8, 4) is 0 Å². The van der Waals surface area contributed by atoms with Crippen LogP contribution >= 0.6 is 0 Å². The van der Waals surface area contributed by atoms with Crippen LogP contribution in [0.25, 0.3) is 10.9 Å². The first kappa shape index (κ1) is 13.8. The summed E-state index contributed by atoms with van der Waals surface area (Å²) in [5.41, 5.74) is 9.86. The molecule has 0 saturated heterocycles. The fourth-order valence-corrected chi connectivity index (χ4v) is 2.85. The van der Waals surface area contributed by atoms with Gasteiger partial charge >= 0.3 is 0 Å². The summed E-state index contributed by atoms with van der Waals surface area (Å²) in [6.45, 7) is 2.15. The van der Waals surface area contributed by atoms with Gasteiger partial charge in [0.2, 0.25) is 0 Å². The van der Waals surface area contributed by atoms with E-state index in [0.29, 0.717) is 0 Å². The molecule has 1 atom stereocenters. The summed E-state index contributed by atoms with van der Waals surface area (Å²) in [7, 11) is 0. The van der Waals surface area contributed by atoms with Crippen LogP contribution in [0, 0.1) is 0 Å². The normalized spacial score (nSPS) is 14.0. The SMILES string of the molecule is CCC(N)(Cc1ccnc2ccccc12)c1ccccc1. The Morgan fingerprint density at radius 3 is 2.43 bits per heavy atom. The first-order valence-corrected chi connectivity index (χ1v) is 7.40. The van der Waals surface area contributed by atoms with Gasteiger partial charge in [-0.15, -0.1) is 0 Å². The number of pyridine rings is 1. The number of nitrogens with two attached hydrogens (primary N) is 1. The second-order valence-corrected chi connectivity index (χ2v) is 5.54. The second-order valence-electron chi connectivity index (χ2n) is 5.54. The maximum absolute atomic E-state index is 6.72. The Morgan fingerprint density at radius 1 is 0.952 bits per heavy atom. The first-order valence-electron chi connectivity index (χ1n) is 7.40. The number of rotatable bonds is 4. The van der Waals surface area contributed by atoms with Crippen LogP contribution in [0.3, 0.4) is 0 Å². The number of nitrogens with zero attached hydrogens (tertiary/aromatic N) is 1. The van der Waals surface area contributed by atoms with E-state index in [-0.39, 0.29) is 5.54 Å². The smallest absolute Gasteiger partial charge is 0.0704 e. The molecule has 1 unspecified atom stereocenters. The Labute approximate surface area is 125 Å². The maximum Gasteiger partial charge on any atom is 0.0704 e. The molecule has 2 nitrogen and oxygen atoms in total. The molecule has 21 heavy (non-hydrogen) atoms. The monoisotopic (exact) mass is 276 g/mol. The molecule has 2 aromatic carbocycles. The highest BCUT2D eigenvalue weighted by Gasteiger charge is 2.26. The molecule has 0 aliphatic carbocycles. The molecule has 0 amide bonds. The number of fused-ring (bicyclic) bond motifs is 1. The molecule has 0 fully saturated rings. The molecule has 3 aromatic rings. The number of hydrogen-bond donors (Lipinski definition) is 1. The zero-order chi connectivity index (χ0) is 14.7. The largest absolute Gasteiger partial charge is 0.321 e. The summed E-state index contributed by atoms with van der Waals surface area (Å²) in [4.78, 5) is 4.43. The van der Waals surface area contributed by atoms with E-state index in [0.717, 1.165) is 18.4 Å². The Kier molecular flexibility index (Phi) is 3.72. The third-order valence-electron chi connectivity index (χ3n) is 4.22. The number of aromatic nitrogens is 1. The molecule has 2 N–H and O–H groups in total. The lowest BCUT2D eigenvalue weighted by Gasteiger charge is -2.29. The summed E-state index contributed by atoms with van der Waals surface area (Å²) >= 11 is 0. The average Bonchev–Trinajstić information content (AvgIpc) is 2.56. The van der Waals surface area contributed by atoms with Crippen LogP contribution < -0.4 is 5.73 Å². The van der Waals surface area contributed by atoms with Gasteiger partial charge in [0.1, 0.15) is 0 Å². The predicted molar refractivity (Wildman–Crippen MR) is 88.0 cm³/mol. The van der Waals surface area contributed by atoms with Gasteiger partial charge in [0.25, 0.3) is 0 Å². The zero-order valence-electron chi connectivity index (χ0n) is 12.3. The lowest BCUT2D eigenvalue weighted by atomic mass is 9.82. The lowest BCUT2D eigenvalue weighted by Crippen LogP contribution is -2.38. The summed E-state index contributed by atoms with van der Waals surface area (Å²) in [5.74, 6) is 0. The number of hydrogen-bond acceptors (Lipinski definition) is 2. The minimum absolute atomic E-state index is 0.342. The zero-order valence-corrected chi connectivity index (χ0v) is 12.3. The van der Waals surface area contributed by atoms with E-state index < -0.39 is 0 Å². The van der Waals surface area contributed by atoms with Gasteiger partial charge in [0.05, 0.1) is 5.52 Å². The van der Waals surface area contributed by atoms with Gasteiger partial charge in [-0.3, -0.25) is 4.98 Å². The maximum atomic E-state index is 6.72. The van der Waals surface area contributed by atoms with Crippen LogP contribution in [0.2, 0.25) is 0 Å². The summed E-state index contributed by atoms with van der Waals surface area (Å²) in [6.07, 6.45) is 3.59. The molecule has 0 aliphatic rings. The van der Waals surface area contributed by atoms with Crippen LogP contribution in [0.5, 0.6) is 0 Å². The Bertz CT molecular complexity index is 731. The number of benzene rings is 2. The summed E-state index contributed by atoms with van der Waals surface area (Å²) in [6, 6.07) is 20.7. The van der Waals surface area contributed by atoms with Crippen molar-refractivity contribution in [2.75, 3.05) is 0 Å². The van der Waals surface area contributed by atoms with Crippen molar-refractivity contribution in [3.63, 3.8) is 0 Å². The molecule has 0 radical (unpaired) electrons. The van der Waals surface area contributed by atoms with Crippen molar-refractivity contribution in [1.29, 1.82) is 0 Å². The van der Waals surface area contributed by atoms with E-state index in [4.69, 9.17) is 5.73 Å². The number of para-hydroxylation sites is 1. The van der Waals surface area contributed by atoms with Crippen molar-refractivity contribution < 1.29 is 0 Å². The molecular formula is C19H20N2. The average molecular weight is 276 g/mol. The molecule has 1 heterocycles. The van der Waals surface area contributed by atoms with Crippen LogP contribution in [0.4, 0.5) is 0 Å². The lowest BCUT2D eigenvalue weighted by molar-refractivity contribution is 0.426. The topological polar surface area (TPSA) is 38.9 Å².